The van der Waals surface area contributed by atoms with Crippen LogP contribution < -0.4 is 0 Å². The Morgan fingerprint density at radius 3 is 1.94 bits per heavy atom. The highest BCUT2D eigenvalue weighted by molar-refractivity contribution is 14.1. The summed E-state index contributed by atoms with van der Waals surface area (Å²) >= 11 is 2.61. The van der Waals surface area contributed by atoms with Gasteiger partial charge in [-0.15, -0.1) is 0 Å². The van der Waals surface area contributed by atoms with E-state index in [0.29, 0.717) is 12.2 Å². The molecule has 2 aliphatic rings. The van der Waals surface area contributed by atoms with E-state index >= 15 is 0 Å². The van der Waals surface area contributed by atoms with Crippen molar-refractivity contribution < 1.29 is 4.74 Å². The highest BCUT2D eigenvalue weighted by atomic mass is 127. The van der Waals surface area contributed by atoms with Crippen molar-refractivity contribution in [2.24, 2.45) is 17.8 Å². The molecule has 0 heterocycles. The third kappa shape index (κ3) is 3.82. The quantitative estimate of drug-likeness (QED) is 0.513. The fourth-order valence-electron chi connectivity index (χ4n) is 3.33. The van der Waals surface area contributed by atoms with Gasteiger partial charge in [-0.25, -0.2) is 0 Å². The number of hydrogen-bond donors (Lipinski definition) is 0. The van der Waals surface area contributed by atoms with Gasteiger partial charge >= 0.3 is 0 Å². The van der Waals surface area contributed by atoms with E-state index in [4.69, 9.17) is 4.74 Å². The second-order valence-corrected chi connectivity index (χ2v) is 8.05. The standard InChI is InChI=1S/C15H27IO/c1-10-4-5-13(8-11(10)2)17-14-6-7-15(16)12(3)9-14/h10-15H,4-9H2,1-3H3. The lowest BCUT2D eigenvalue weighted by molar-refractivity contribution is -0.0655. The first-order chi connectivity index (χ1) is 8.06. The molecule has 17 heavy (non-hydrogen) atoms. The Hall–Kier alpha value is 0.690. The van der Waals surface area contributed by atoms with Crippen molar-refractivity contribution in [3.8, 4) is 0 Å². The van der Waals surface area contributed by atoms with Crippen LogP contribution >= 0.6 is 22.6 Å². The second-order valence-electron chi connectivity index (χ2n) is 6.45. The van der Waals surface area contributed by atoms with Crippen LogP contribution in [0.5, 0.6) is 0 Å². The molecule has 2 aliphatic carbocycles. The SMILES string of the molecule is CC1CCC(OC2CCC(I)C(C)C2)CC1C. The van der Waals surface area contributed by atoms with Gasteiger partial charge in [0.15, 0.2) is 0 Å². The van der Waals surface area contributed by atoms with Crippen LogP contribution in [-0.2, 0) is 4.74 Å². The van der Waals surface area contributed by atoms with Crippen LogP contribution in [0.2, 0.25) is 0 Å². The van der Waals surface area contributed by atoms with Gasteiger partial charge in [0.25, 0.3) is 0 Å². The van der Waals surface area contributed by atoms with Crippen LogP contribution in [-0.4, -0.2) is 16.1 Å². The maximum absolute atomic E-state index is 6.37. The van der Waals surface area contributed by atoms with Crippen molar-refractivity contribution in [1.29, 1.82) is 0 Å². The maximum Gasteiger partial charge on any atom is 0.0582 e. The van der Waals surface area contributed by atoms with Gasteiger partial charge in [0.05, 0.1) is 12.2 Å². The molecule has 0 radical (unpaired) electrons. The van der Waals surface area contributed by atoms with Gasteiger partial charge in [-0.2, -0.15) is 0 Å². The van der Waals surface area contributed by atoms with Gasteiger partial charge in [0.1, 0.15) is 0 Å². The van der Waals surface area contributed by atoms with E-state index in [1.165, 1.54) is 38.5 Å². The van der Waals surface area contributed by atoms with E-state index < -0.39 is 0 Å². The predicted octanol–water partition coefficient (Wildman–Crippen LogP) is 4.82. The van der Waals surface area contributed by atoms with E-state index in [1.807, 2.05) is 0 Å². The van der Waals surface area contributed by atoms with E-state index in [-0.39, 0.29) is 0 Å². The predicted molar refractivity (Wildman–Crippen MR) is 81.7 cm³/mol. The summed E-state index contributed by atoms with van der Waals surface area (Å²) in [6, 6.07) is 0. The molecule has 1 nitrogen and oxygen atoms in total. The molecule has 0 aromatic heterocycles. The number of rotatable bonds is 2. The zero-order chi connectivity index (χ0) is 12.4. The average molecular weight is 350 g/mol. The molecular formula is C15H27IO. The second kappa shape index (κ2) is 6.23. The Morgan fingerprint density at radius 1 is 0.765 bits per heavy atom. The first-order valence-corrected chi connectivity index (χ1v) is 8.60. The first-order valence-electron chi connectivity index (χ1n) is 7.35. The van der Waals surface area contributed by atoms with Crippen molar-refractivity contribution in [2.75, 3.05) is 0 Å². The van der Waals surface area contributed by atoms with Crippen molar-refractivity contribution >= 4 is 22.6 Å². The van der Waals surface area contributed by atoms with Crippen molar-refractivity contribution in [3.63, 3.8) is 0 Å². The number of alkyl halides is 1. The van der Waals surface area contributed by atoms with Crippen LogP contribution in [0.1, 0.15) is 59.3 Å². The molecule has 6 unspecified atom stereocenters. The molecule has 0 saturated heterocycles. The van der Waals surface area contributed by atoms with Crippen LogP contribution in [0.3, 0.4) is 0 Å². The summed E-state index contributed by atoms with van der Waals surface area (Å²) in [5.41, 5.74) is 0. The number of halogens is 1. The third-order valence-corrected chi connectivity index (χ3v) is 6.80. The van der Waals surface area contributed by atoms with Gasteiger partial charge in [-0.1, -0.05) is 43.4 Å². The molecule has 0 amide bonds. The molecule has 2 saturated carbocycles. The summed E-state index contributed by atoms with van der Waals surface area (Å²) in [4.78, 5) is 0. The Balaban J connectivity index is 1.78. The Kier molecular flexibility index (Phi) is 5.17. The highest BCUT2D eigenvalue weighted by Crippen LogP contribution is 2.36. The minimum atomic E-state index is 0.557. The molecule has 0 aromatic rings. The molecule has 0 bridgehead atoms. The van der Waals surface area contributed by atoms with Gasteiger partial charge in [-0.05, 0) is 56.3 Å². The summed E-state index contributed by atoms with van der Waals surface area (Å²) < 4.78 is 7.24. The van der Waals surface area contributed by atoms with Gasteiger partial charge in [0.2, 0.25) is 0 Å². The summed E-state index contributed by atoms with van der Waals surface area (Å²) in [6.07, 6.45) is 9.00. The highest BCUT2D eigenvalue weighted by Gasteiger charge is 2.31. The molecule has 0 aliphatic heterocycles. The maximum atomic E-state index is 6.37. The fourth-order valence-corrected chi connectivity index (χ4v) is 3.98. The van der Waals surface area contributed by atoms with Gasteiger partial charge < -0.3 is 4.74 Å². The van der Waals surface area contributed by atoms with E-state index in [2.05, 4.69) is 43.4 Å². The molecule has 0 spiro atoms. The third-order valence-electron chi connectivity index (χ3n) is 4.95. The van der Waals surface area contributed by atoms with Gasteiger partial charge in [-0.3, -0.25) is 0 Å². The smallest absolute Gasteiger partial charge is 0.0582 e. The van der Waals surface area contributed by atoms with Crippen LogP contribution in [0.4, 0.5) is 0 Å². The molecule has 0 N–H and O–H groups in total. The van der Waals surface area contributed by atoms with Crippen LogP contribution in [0.25, 0.3) is 0 Å². The molecule has 100 valence electrons. The summed E-state index contributed by atoms with van der Waals surface area (Å²) in [7, 11) is 0. The molecule has 2 heteroatoms. The lowest BCUT2D eigenvalue weighted by atomic mass is 9.80. The molecule has 2 rings (SSSR count). The Bertz CT molecular complexity index is 219. The average Bonchev–Trinajstić information content (AvgIpc) is 2.29. The normalized spacial score (nSPS) is 48.0. The summed E-state index contributed by atoms with van der Waals surface area (Å²) in [5.74, 6) is 2.60. The van der Waals surface area contributed by atoms with Crippen molar-refractivity contribution in [3.05, 3.63) is 0 Å². The van der Waals surface area contributed by atoms with Crippen molar-refractivity contribution in [1.82, 2.24) is 0 Å². The Morgan fingerprint density at radius 2 is 1.35 bits per heavy atom. The minimum Gasteiger partial charge on any atom is -0.375 e. The van der Waals surface area contributed by atoms with E-state index in [1.54, 1.807) is 0 Å². The first kappa shape index (κ1) is 14.1. The topological polar surface area (TPSA) is 9.23 Å². The van der Waals surface area contributed by atoms with Crippen LogP contribution in [0, 0.1) is 17.8 Å². The summed E-state index contributed by atoms with van der Waals surface area (Å²) in [6.45, 7) is 7.17. The van der Waals surface area contributed by atoms with E-state index in [0.717, 1.165) is 21.7 Å². The monoisotopic (exact) mass is 350 g/mol. The number of hydrogen-bond acceptors (Lipinski definition) is 1. The Labute approximate surface area is 120 Å². The zero-order valence-electron chi connectivity index (χ0n) is 11.5. The largest absolute Gasteiger partial charge is 0.375 e. The zero-order valence-corrected chi connectivity index (χ0v) is 13.7. The minimum absolute atomic E-state index is 0.557. The van der Waals surface area contributed by atoms with E-state index in [9.17, 15) is 0 Å². The molecular weight excluding hydrogens is 323 g/mol. The summed E-state index contributed by atoms with van der Waals surface area (Å²) in [5, 5.41) is 0. The van der Waals surface area contributed by atoms with Crippen LogP contribution in [0.15, 0.2) is 0 Å². The van der Waals surface area contributed by atoms with Crippen molar-refractivity contribution in [2.45, 2.75) is 75.4 Å². The number of ether oxygens (including phenoxy) is 1. The molecule has 6 atom stereocenters. The lowest BCUT2D eigenvalue weighted by Crippen LogP contribution is -2.34. The molecule has 0 aromatic carbocycles. The lowest BCUT2D eigenvalue weighted by Gasteiger charge is -2.37. The molecule has 2 fully saturated rings. The fraction of sp³-hybridized carbons (Fsp3) is 1.00. The van der Waals surface area contributed by atoms with Gasteiger partial charge in [0, 0.05) is 3.92 Å².